The second kappa shape index (κ2) is 5.45. The van der Waals surface area contributed by atoms with E-state index in [1.165, 1.54) is 32.4 Å². The molecule has 3 N–H and O–H groups in total. The number of hydrogen-bond donors (Lipinski definition) is 2. The fraction of sp³-hybridized carbons (Fsp3) is 0.455. The average Bonchev–Trinajstić information content (AvgIpc) is 2.35. The first-order valence-electron chi connectivity index (χ1n) is 5.03. The number of halogens is 3. The highest BCUT2D eigenvalue weighted by Crippen LogP contribution is 2.34. The van der Waals surface area contributed by atoms with Crippen molar-refractivity contribution in [2.24, 2.45) is 5.73 Å². The van der Waals surface area contributed by atoms with Crippen LogP contribution >= 0.6 is 0 Å². The lowest BCUT2D eigenvalue weighted by Gasteiger charge is -2.23. The van der Waals surface area contributed by atoms with Gasteiger partial charge in [0, 0.05) is 11.6 Å². The summed E-state index contributed by atoms with van der Waals surface area (Å²) >= 11 is 0. The predicted octanol–water partition coefficient (Wildman–Crippen LogP) is 1.63. The van der Waals surface area contributed by atoms with Gasteiger partial charge in [-0.05, 0) is 12.1 Å². The molecule has 0 fully saturated rings. The monoisotopic (exact) mass is 265 g/mol. The number of aliphatic hydroxyl groups excluding tert-OH is 1. The Labute approximate surface area is 102 Å². The highest BCUT2D eigenvalue weighted by atomic mass is 19.4. The molecule has 0 unspecified atom stereocenters. The van der Waals surface area contributed by atoms with Crippen molar-refractivity contribution in [1.29, 1.82) is 0 Å². The van der Waals surface area contributed by atoms with Gasteiger partial charge < -0.3 is 20.3 Å². The zero-order valence-corrected chi connectivity index (χ0v) is 9.86. The molecule has 1 aromatic carbocycles. The Bertz CT molecular complexity index is 409. The normalized spacial score (nSPS) is 15.1. The molecule has 102 valence electrons. The zero-order valence-electron chi connectivity index (χ0n) is 9.86. The molecule has 0 aliphatic heterocycles. The molecule has 1 aromatic rings. The van der Waals surface area contributed by atoms with E-state index in [2.05, 4.69) is 0 Å². The Hall–Kier alpha value is -1.47. The van der Waals surface area contributed by atoms with Gasteiger partial charge in [-0.3, -0.25) is 0 Å². The Morgan fingerprint density at radius 3 is 2.28 bits per heavy atom. The van der Waals surface area contributed by atoms with Crippen LogP contribution in [-0.4, -0.2) is 31.6 Å². The van der Waals surface area contributed by atoms with Crippen LogP contribution in [0, 0.1) is 0 Å². The zero-order chi connectivity index (χ0) is 13.9. The van der Waals surface area contributed by atoms with E-state index >= 15 is 0 Å². The number of benzene rings is 1. The van der Waals surface area contributed by atoms with Gasteiger partial charge in [0.1, 0.15) is 11.5 Å². The first kappa shape index (κ1) is 14.6. The molecule has 7 heteroatoms. The number of alkyl halides is 3. The van der Waals surface area contributed by atoms with Crippen molar-refractivity contribution in [1.82, 2.24) is 0 Å². The minimum absolute atomic E-state index is 0.0584. The Kier molecular flexibility index (Phi) is 4.42. The van der Waals surface area contributed by atoms with Crippen LogP contribution in [0.25, 0.3) is 0 Å². The van der Waals surface area contributed by atoms with E-state index in [0.717, 1.165) is 0 Å². The van der Waals surface area contributed by atoms with Crippen LogP contribution in [0.4, 0.5) is 13.2 Å². The average molecular weight is 265 g/mol. The summed E-state index contributed by atoms with van der Waals surface area (Å²) in [6.45, 7) is 0. The van der Waals surface area contributed by atoms with Gasteiger partial charge in [-0.1, -0.05) is 0 Å². The molecule has 0 bridgehead atoms. The van der Waals surface area contributed by atoms with Gasteiger partial charge in [0.05, 0.1) is 20.3 Å². The summed E-state index contributed by atoms with van der Waals surface area (Å²) in [4.78, 5) is 0. The van der Waals surface area contributed by atoms with Gasteiger partial charge in [-0.15, -0.1) is 0 Å². The topological polar surface area (TPSA) is 64.7 Å². The molecule has 2 atom stereocenters. The number of ether oxygens (including phenoxy) is 2. The first-order valence-corrected chi connectivity index (χ1v) is 5.03. The molecule has 0 heterocycles. The van der Waals surface area contributed by atoms with Gasteiger partial charge in [0.2, 0.25) is 0 Å². The molecule has 4 nitrogen and oxygen atoms in total. The van der Waals surface area contributed by atoms with Crippen molar-refractivity contribution < 1.29 is 27.8 Å². The number of nitrogens with two attached hydrogens (primary N) is 1. The van der Waals surface area contributed by atoms with Gasteiger partial charge >= 0.3 is 6.18 Å². The first-order chi connectivity index (χ1) is 8.31. The largest absolute Gasteiger partial charge is 0.497 e. The maximum absolute atomic E-state index is 12.4. The fourth-order valence-electron chi connectivity index (χ4n) is 1.47. The molecule has 0 aromatic heterocycles. The summed E-state index contributed by atoms with van der Waals surface area (Å²) in [7, 11) is 2.71. The van der Waals surface area contributed by atoms with E-state index in [9.17, 15) is 13.2 Å². The SMILES string of the molecule is COc1ccc([C@H](N)[C@H](O)C(F)(F)F)c(OC)c1. The number of methoxy groups -OCH3 is 2. The van der Waals surface area contributed by atoms with E-state index < -0.39 is 18.3 Å². The lowest BCUT2D eigenvalue weighted by Crippen LogP contribution is -2.39. The van der Waals surface area contributed by atoms with Gasteiger partial charge in [0.15, 0.2) is 6.10 Å². The minimum atomic E-state index is -4.79. The minimum Gasteiger partial charge on any atom is -0.497 e. The summed E-state index contributed by atoms with van der Waals surface area (Å²) in [6.07, 6.45) is -7.44. The third-order valence-corrected chi connectivity index (χ3v) is 2.48. The molecule has 0 saturated heterocycles. The molecule has 18 heavy (non-hydrogen) atoms. The van der Waals surface area contributed by atoms with E-state index in [1.54, 1.807) is 0 Å². The highest BCUT2D eigenvalue weighted by molar-refractivity contribution is 5.42. The van der Waals surface area contributed by atoms with E-state index in [0.29, 0.717) is 5.75 Å². The quantitative estimate of drug-likeness (QED) is 0.868. The third-order valence-electron chi connectivity index (χ3n) is 2.48. The second-order valence-electron chi connectivity index (χ2n) is 3.62. The van der Waals surface area contributed by atoms with Crippen molar-refractivity contribution in [2.75, 3.05) is 14.2 Å². The lowest BCUT2D eigenvalue weighted by molar-refractivity contribution is -0.210. The second-order valence-corrected chi connectivity index (χ2v) is 3.62. The maximum atomic E-state index is 12.4. The highest BCUT2D eigenvalue weighted by Gasteiger charge is 2.43. The molecule has 0 radical (unpaired) electrons. The van der Waals surface area contributed by atoms with Crippen LogP contribution in [0.15, 0.2) is 18.2 Å². The molecule has 0 saturated carbocycles. The Morgan fingerprint density at radius 2 is 1.83 bits per heavy atom. The smallest absolute Gasteiger partial charge is 0.416 e. The number of aliphatic hydroxyl groups is 1. The summed E-state index contributed by atoms with van der Waals surface area (Å²) in [5, 5.41) is 9.12. The predicted molar refractivity (Wildman–Crippen MR) is 58.5 cm³/mol. The van der Waals surface area contributed by atoms with Crippen LogP contribution in [0.2, 0.25) is 0 Å². The molecule has 0 amide bonds. The van der Waals surface area contributed by atoms with Gasteiger partial charge in [0.25, 0.3) is 0 Å². The standard InChI is InChI=1S/C11H14F3NO3/c1-17-6-3-4-7(8(5-6)18-2)9(15)10(16)11(12,13)14/h3-5,9-10,16H,15H2,1-2H3/t9-,10-/m0/s1. The number of rotatable bonds is 4. The van der Waals surface area contributed by atoms with Crippen LogP contribution in [0.5, 0.6) is 11.5 Å². The molecule has 0 spiro atoms. The Morgan fingerprint density at radius 1 is 1.22 bits per heavy atom. The van der Waals surface area contributed by atoms with Crippen molar-refractivity contribution >= 4 is 0 Å². The van der Waals surface area contributed by atoms with E-state index in [-0.39, 0.29) is 11.3 Å². The van der Waals surface area contributed by atoms with Crippen molar-refractivity contribution in [2.45, 2.75) is 18.3 Å². The van der Waals surface area contributed by atoms with Gasteiger partial charge in [-0.25, -0.2) is 0 Å². The third kappa shape index (κ3) is 3.05. The summed E-state index contributed by atoms with van der Waals surface area (Å²) in [6, 6.07) is 2.56. The molecule has 1 rings (SSSR count). The molecular formula is C11H14F3NO3. The van der Waals surface area contributed by atoms with Crippen molar-refractivity contribution in [3.63, 3.8) is 0 Å². The number of hydrogen-bond acceptors (Lipinski definition) is 4. The molecule has 0 aliphatic carbocycles. The van der Waals surface area contributed by atoms with Crippen LogP contribution in [0.3, 0.4) is 0 Å². The molecular weight excluding hydrogens is 251 g/mol. The van der Waals surface area contributed by atoms with Crippen LogP contribution < -0.4 is 15.2 Å². The van der Waals surface area contributed by atoms with Crippen molar-refractivity contribution in [3.8, 4) is 11.5 Å². The van der Waals surface area contributed by atoms with Crippen LogP contribution in [-0.2, 0) is 0 Å². The fourth-order valence-corrected chi connectivity index (χ4v) is 1.47. The van der Waals surface area contributed by atoms with E-state index in [1.807, 2.05) is 0 Å². The van der Waals surface area contributed by atoms with E-state index in [4.69, 9.17) is 20.3 Å². The van der Waals surface area contributed by atoms with Crippen molar-refractivity contribution in [3.05, 3.63) is 23.8 Å². The Balaban J connectivity index is 3.09. The molecule has 0 aliphatic rings. The summed E-state index contributed by atoms with van der Waals surface area (Å²) in [5.41, 5.74) is 5.46. The summed E-state index contributed by atoms with van der Waals surface area (Å²) < 4.78 is 47.0. The lowest BCUT2D eigenvalue weighted by atomic mass is 10.0. The maximum Gasteiger partial charge on any atom is 0.416 e. The summed E-state index contributed by atoms with van der Waals surface area (Å²) in [5.74, 6) is 0.550. The van der Waals surface area contributed by atoms with Gasteiger partial charge in [-0.2, -0.15) is 13.2 Å². The van der Waals surface area contributed by atoms with Crippen LogP contribution in [0.1, 0.15) is 11.6 Å².